The fourth-order valence-corrected chi connectivity index (χ4v) is 5.05. The number of aliphatic hydroxyl groups excluding tert-OH is 1. The lowest BCUT2D eigenvalue weighted by Crippen LogP contribution is -2.39. The highest BCUT2D eigenvalue weighted by atomic mass is 19.3. The van der Waals surface area contributed by atoms with Gasteiger partial charge in [-0.2, -0.15) is 8.78 Å². The van der Waals surface area contributed by atoms with Crippen molar-refractivity contribution < 1.29 is 28.2 Å². The van der Waals surface area contributed by atoms with Crippen molar-refractivity contribution in [2.45, 2.75) is 62.3 Å². The molecule has 4 atom stereocenters. The third kappa shape index (κ3) is 4.31. The van der Waals surface area contributed by atoms with Crippen LogP contribution in [-0.4, -0.2) is 49.1 Å². The van der Waals surface area contributed by atoms with Gasteiger partial charge in [-0.3, -0.25) is 9.79 Å². The number of halogens is 2. The molecule has 0 radical (unpaired) electrons. The maximum atomic E-state index is 13.0. The number of aliphatic imine (C=N–C) groups is 1. The molecule has 2 fully saturated rings. The summed E-state index contributed by atoms with van der Waals surface area (Å²) < 4.78 is 36.0. The van der Waals surface area contributed by atoms with E-state index in [1.54, 1.807) is 30.5 Å². The Labute approximate surface area is 190 Å². The molecule has 6 nitrogen and oxygen atoms in total. The molecule has 2 N–H and O–H groups in total. The Kier molecular flexibility index (Phi) is 5.78. The summed E-state index contributed by atoms with van der Waals surface area (Å²) in [5.41, 5.74) is 3.02. The van der Waals surface area contributed by atoms with Crippen LogP contribution < -0.4 is 14.8 Å². The second-order valence-electron chi connectivity index (χ2n) is 8.92. The normalized spacial score (nSPS) is 25.8. The number of alkyl halides is 2. The minimum Gasteiger partial charge on any atom is -0.493 e. The number of carbonyl (C=O) groups is 1. The first kappa shape index (κ1) is 21.8. The van der Waals surface area contributed by atoms with Crippen molar-refractivity contribution in [1.29, 1.82) is 0 Å². The Morgan fingerprint density at radius 2 is 1.85 bits per heavy atom. The molecular formula is C25H26F2N2O4. The minimum atomic E-state index is -2.98. The summed E-state index contributed by atoms with van der Waals surface area (Å²) in [6.45, 7) is -2.98. The Morgan fingerprint density at radius 3 is 2.52 bits per heavy atom. The molecule has 5 rings (SSSR count). The van der Waals surface area contributed by atoms with Gasteiger partial charge in [-0.05, 0) is 66.6 Å². The van der Waals surface area contributed by atoms with Crippen molar-refractivity contribution in [3.63, 3.8) is 0 Å². The Balaban J connectivity index is 1.50. The molecule has 3 aliphatic rings. The Bertz CT molecular complexity index is 1070. The molecule has 0 saturated heterocycles. The number of aliphatic hydroxyl groups is 1. The second-order valence-corrected chi connectivity index (χ2v) is 8.92. The van der Waals surface area contributed by atoms with Crippen molar-refractivity contribution in [1.82, 2.24) is 5.32 Å². The third-order valence-corrected chi connectivity index (χ3v) is 6.79. The first-order valence-corrected chi connectivity index (χ1v) is 11.2. The van der Waals surface area contributed by atoms with E-state index < -0.39 is 12.7 Å². The monoisotopic (exact) mass is 456 g/mol. The maximum absolute atomic E-state index is 13.0. The van der Waals surface area contributed by atoms with Crippen LogP contribution in [0.4, 0.5) is 8.78 Å². The van der Waals surface area contributed by atoms with Gasteiger partial charge in [-0.1, -0.05) is 12.1 Å². The number of rotatable bonds is 6. The summed E-state index contributed by atoms with van der Waals surface area (Å²) in [6, 6.07) is 10.7. The van der Waals surface area contributed by atoms with Gasteiger partial charge in [0.1, 0.15) is 0 Å². The second kappa shape index (κ2) is 8.74. The summed E-state index contributed by atoms with van der Waals surface area (Å²) in [5, 5.41) is 14.0. The predicted molar refractivity (Wildman–Crippen MR) is 119 cm³/mol. The number of hydrogen-bond acceptors (Lipinski definition) is 5. The number of fused-ring (bicyclic) bond motifs is 3. The summed E-state index contributed by atoms with van der Waals surface area (Å²) in [5.74, 6) is -0.442. The highest BCUT2D eigenvalue weighted by Gasteiger charge is 2.43. The molecule has 1 aliphatic heterocycles. The molecule has 2 aromatic carbocycles. The van der Waals surface area contributed by atoms with E-state index in [4.69, 9.17) is 14.5 Å². The van der Waals surface area contributed by atoms with Crippen LogP contribution in [0, 0.1) is 0 Å². The molecular weight excluding hydrogens is 430 g/mol. The van der Waals surface area contributed by atoms with E-state index >= 15 is 0 Å². The van der Waals surface area contributed by atoms with E-state index in [0.717, 1.165) is 29.5 Å². The molecule has 1 amide bonds. The van der Waals surface area contributed by atoms with Gasteiger partial charge in [0.25, 0.3) is 5.91 Å². The fraction of sp³-hybridized carbons (Fsp3) is 0.440. The third-order valence-electron chi connectivity index (χ3n) is 6.79. The summed E-state index contributed by atoms with van der Waals surface area (Å²) >= 11 is 0. The smallest absolute Gasteiger partial charge is 0.387 e. The lowest BCUT2D eigenvalue weighted by molar-refractivity contribution is -0.0513. The van der Waals surface area contributed by atoms with Gasteiger partial charge in [0.05, 0.1) is 19.3 Å². The summed E-state index contributed by atoms with van der Waals surface area (Å²) in [6.07, 6.45) is 4.42. The maximum Gasteiger partial charge on any atom is 0.387 e. The van der Waals surface area contributed by atoms with E-state index in [-0.39, 0.29) is 41.3 Å². The number of amides is 1. The topological polar surface area (TPSA) is 80.2 Å². The van der Waals surface area contributed by atoms with Crippen LogP contribution in [0.25, 0.3) is 0 Å². The molecule has 1 heterocycles. The molecule has 33 heavy (non-hydrogen) atoms. The fourth-order valence-electron chi connectivity index (χ4n) is 5.05. The number of hydrogen-bond donors (Lipinski definition) is 2. The van der Waals surface area contributed by atoms with E-state index in [2.05, 4.69) is 5.32 Å². The van der Waals surface area contributed by atoms with Crippen LogP contribution in [0.1, 0.15) is 64.6 Å². The van der Waals surface area contributed by atoms with Gasteiger partial charge in [-0.15, -0.1) is 0 Å². The highest BCUT2D eigenvalue weighted by Crippen LogP contribution is 2.49. The lowest BCUT2D eigenvalue weighted by atomic mass is 9.66. The molecule has 0 bridgehead atoms. The summed E-state index contributed by atoms with van der Waals surface area (Å²) in [7, 11) is 1.40. The van der Waals surface area contributed by atoms with Crippen molar-refractivity contribution in [2.24, 2.45) is 4.99 Å². The van der Waals surface area contributed by atoms with Crippen LogP contribution >= 0.6 is 0 Å². The number of benzene rings is 2. The highest BCUT2D eigenvalue weighted by molar-refractivity contribution is 5.94. The van der Waals surface area contributed by atoms with Gasteiger partial charge in [0.2, 0.25) is 0 Å². The SMILES string of the molecule is COc1cc2c(cc1OC(F)F)[C@@H]1C(c3ccc(C(=O)NC4CC4)cc3)[C@@H](O)CC[C@@H]1N=C2. The van der Waals surface area contributed by atoms with Crippen LogP contribution in [-0.2, 0) is 0 Å². The number of nitrogens with one attached hydrogen (secondary N) is 1. The standard InChI is InChI=1S/C25H26F2N2O4/c1-32-20-10-15-12-28-18-8-9-19(30)22(23(18)17(15)11-21(20)33-25(26)27)13-2-4-14(5-3-13)24(31)29-16-6-7-16/h2-5,10-12,16,18-19,22-23,25,30H,6-9H2,1H3,(H,29,31)/t18-,19-,22?,23-/m0/s1. The molecule has 2 saturated carbocycles. The van der Waals surface area contributed by atoms with Gasteiger partial charge in [-0.25, -0.2) is 0 Å². The molecule has 8 heteroatoms. The quantitative estimate of drug-likeness (QED) is 0.688. The number of nitrogens with zero attached hydrogens (tertiary/aromatic N) is 1. The van der Waals surface area contributed by atoms with Gasteiger partial charge < -0.3 is 19.9 Å². The van der Waals surface area contributed by atoms with E-state index in [1.807, 2.05) is 12.1 Å². The van der Waals surface area contributed by atoms with E-state index in [0.29, 0.717) is 18.4 Å². The zero-order valence-corrected chi connectivity index (χ0v) is 18.2. The molecule has 0 spiro atoms. The predicted octanol–water partition coefficient (Wildman–Crippen LogP) is 4.01. The van der Waals surface area contributed by atoms with Gasteiger partial charge in [0.15, 0.2) is 11.5 Å². The van der Waals surface area contributed by atoms with Crippen molar-refractivity contribution in [3.8, 4) is 11.5 Å². The first-order chi connectivity index (χ1) is 15.9. The molecule has 174 valence electrons. The molecule has 2 aliphatic carbocycles. The van der Waals surface area contributed by atoms with Crippen LogP contribution in [0.3, 0.4) is 0 Å². The van der Waals surface area contributed by atoms with Gasteiger partial charge >= 0.3 is 6.61 Å². The first-order valence-electron chi connectivity index (χ1n) is 11.2. The van der Waals surface area contributed by atoms with Gasteiger partial charge in [0, 0.05) is 29.7 Å². The van der Waals surface area contributed by atoms with E-state index in [1.165, 1.54) is 7.11 Å². The van der Waals surface area contributed by atoms with Crippen molar-refractivity contribution >= 4 is 12.1 Å². The van der Waals surface area contributed by atoms with Crippen molar-refractivity contribution in [2.75, 3.05) is 7.11 Å². The summed E-state index contributed by atoms with van der Waals surface area (Å²) in [4.78, 5) is 17.1. The Hall–Kier alpha value is -3.00. The number of ether oxygens (including phenoxy) is 2. The zero-order valence-electron chi connectivity index (χ0n) is 18.2. The molecule has 2 aromatic rings. The lowest BCUT2D eigenvalue weighted by Gasteiger charge is -2.42. The Morgan fingerprint density at radius 1 is 1.09 bits per heavy atom. The number of methoxy groups -OCH3 is 1. The largest absolute Gasteiger partial charge is 0.493 e. The zero-order chi connectivity index (χ0) is 23.1. The molecule has 1 unspecified atom stereocenters. The van der Waals surface area contributed by atoms with E-state index in [9.17, 15) is 18.7 Å². The number of carbonyl (C=O) groups excluding carboxylic acids is 1. The van der Waals surface area contributed by atoms with Crippen LogP contribution in [0.15, 0.2) is 41.4 Å². The van der Waals surface area contributed by atoms with Crippen LogP contribution in [0.5, 0.6) is 11.5 Å². The van der Waals surface area contributed by atoms with Crippen LogP contribution in [0.2, 0.25) is 0 Å². The average molecular weight is 456 g/mol. The van der Waals surface area contributed by atoms with Crippen molar-refractivity contribution in [3.05, 3.63) is 58.7 Å². The average Bonchev–Trinajstić information content (AvgIpc) is 3.62. The molecule has 0 aromatic heterocycles. The minimum absolute atomic E-state index is 0.0359.